The number of hydrogen-bond acceptors (Lipinski definition) is 4. The number of nitrogens with one attached hydrogen (secondary N) is 1. The number of halogens is 3. The fourth-order valence-electron chi connectivity index (χ4n) is 2.19. The Balaban J connectivity index is 2.23. The van der Waals surface area contributed by atoms with Crippen LogP contribution in [0.15, 0.2) is 28.7 Å². The van der Waals surface area contributed by atoms with Crippen molar-refractivity contribution in [2.75, 3.05) is 11.9 Å². The molecule has 0 saturated heterocycles. The van der Waals surface area contributed by atoms with Crippen molar-refractivity contribution in [2.24, 2.45) is 0 Å². The van der Waals surface area contributed by atoms with E-state index in [1.54, 1.807) is 12.1 Å². The molecule has 0 aliphatic rings. The summed E-state index contributed by atoms with van der Waals surface area (Å²) in [6.45, 7) is 6.93. The van der Waals surface area contributed by atoms with Gasteiger partial charge in [-0.3, -0.25) is 0 Å². The fraction of sp³-hybridized carbons (Fsp3) is 0.333. The van der Waals surface area contributed by atoms with Crippen molar-refractivity contribution in [3.63, 3.8) is 0 Å². The van der Waals surface area contributed by atoms with E-state index in [2.05, 4.69) is 21.2 Å². The molecular formula is C18H20BrCl2NO3. The second kappa shape index (κ2) is 8.88. The average molecular weight is 449 g/mol. The monoisotopic (exact) mass is 447 g/mol. The maximum absolute atomic E-state index is 9.63. The van der Waals surface area contributed by atoms with Gasteiger partial charge in [0.05, 0.1) is 22.8 Å². The Morgan fingerprint density at radius 3 is 2.32 bits per heavy atom. The molecule has 2 aromatic rings. The molecule has 0 heterocycles. The summed E-state index contributed by atoms with van der Waals surface area (Å²) in [7, 11) is 0. The number of hydrogen-bond donors (Lipinski definition) is 2. The van der Waals surface area contributed by atoms with E-state index in [9.17, 15) is 5.11 Å². The van der Waals surface area contributed by atoms with Gasteiger partial charge in [-0.2, -0.15) is 0 Å². The van der Waals surface area contributed by atoms with Gasteiger partial charge in [0.25, 0.3) is 0 Å². The highest BCUT2D eigenvalue weighted by Gasteiger charge is 2.13. The number of phenolic OH excluding ortho intramolecular Hbond substituents is 1. The number of phenols is 1. The summed E-state index contributed by atoms with van der Waals surface area (Å²) in [5.74, 6) is 1.27. The number of benzene rings is 2. The first-order valence-electron chi connectivity index (χ1n) is 7.85. The topological polar surface area (TPSA) is 50.7 Å². The van der Waals surface area contributed by atoms with Gasteiger partial charge >= 0.3 is 0 Å². The van der Waals surface area contributed by atoms with Crippen molar-refractivity contribution in [3.05, 3.63) is 44.3 Å². The quantitative estimate of drug-likeness (QED) is 0.490. The lowest BCUT2D eigenvalue weighted by molar-refractivity contribution is 0.223. The molecule has 2 aromatic carbocycles. The second-order valence-electron chi connectivity index (χ2n) is 5.63. The molecule has 7 heteroatoms. The highest BCUT2D eigenvalue weighted by Crippen LogP contribution is 2.37. The minimum atomic E-state index is -0.121. The zero-order chi connectivity index (χ0) is 18.6. The predicted octanol–water partition coefficient (Wildman–Crippen LogP) is 6.26. The highest BCUT2D eigenvalue weighted by atomic mass is 79.9. The molecule has 0 aliphatic heterocycles. The summed E-state index contributed by atoms with van der Waals surface area (Å²) in [6, 6.07) is 7.08. The molecule has 0 radical (unpaired) electrons. The van der Waals surface area contributed by atoms with Crippen molar-refractivity contribution < 1.29 is 14.6 Å². The zero-order valence-corrected chi connectivity index (χ0v) is 17.3. The van der Waals surface area contributed by atoms with Crippen LogP contribution < -0.4 is 14.8 Å². The van der Waals surface area contributed by atoms with Crippen LogP contribution in [-0.2, 0) is 6.54 Å². The number of ether oxygens (including phenoxy) is 2. The summed E-state index contributed by atoms with van der Waals surface area (Å²) < 4.78 is 12.4. The van der Waals surface area contributed by atoms with Gasteiger partial charge in [-0.15, -0.1) is 0 Å². The molecule has 0 aliphatic carbocycles. The maximum atomic E-state index is 9.63. The van der Waals surface area contributed by atoms with Crippen LogP contribution in [-0.4, -0.2) is 17.8 Å². The Morgan fingerprint density at radius 2 is 1.76 bits per heavy atom. The van der Waals surface area contributed by atoms with E-state index < -0.39 is 0 Å². The van der Waals surface area contributed by atoms with E-state index in [-0.39, 0.29) is 21.9 Å². The van der Waals surface area contributed by atoms with Crippen LogP contribution in [0, 0.1) is 0 Å². The number of rotatable bonds is 7. The number of anilines is 1. The largest absolute Gasteiger partial charge is 0.505 e. The standard InChI is InChI=1S/C18H20BrCl2NO3/c1-4-24-16-5-11(13(19)8-17(16)25-10(2)3)9-22-12-6-14(20)18(23)15(21)7-12/h5-8,10,22-23H,4,9H2,1-3H3. The van der Waals surface area contributed by atoms with Crippen LogP contribution in [0.5, 0.6) is 17.2 Å². The van der Waals surface area contributed by atoms with Crippen LogP contribution in [0.2, 0.25) is 10.0 Å². The molecule has 4 nitrogen and oxygen atoms in total. The van der Waals surface area contributed by atoms with E-state index in [4.69, 9.17) is 32.7 Å². The summed E-state index contributed by atoms with van der Waals surface area (Å²) in [5.41, 5.74) is 1.69. The summed E-state index contributed by atoms with van der Waals surface area (Å²) in [5, 5.41) is 13.3. The van der Waals surface area contributed by atoms with E-state index in [1.165, 1.54) is 0 Å². The van der Waals surface area contributed by atoms with Gasteiger partial charge in [0.2, 0.25) is 0 Å². The van der Waals surface area contributed by atoms with Crippen LogP contribution in [0.25, 0.3) is 0 Å². The van der Waals surface area contributed by atoms with Crippen molar-refractivity contribution in [2.45, 2.75) is 33.4 Å². The first-order chi connectivity index (χ1) is 11.8. The molecule has 0 saturated carbocycles. The van der Waals surface area contributed by atoms with Crippen molar-refractivity contribution in [1.82, 2.24) is 0 Å². The van der Waals surface area contributed by atoms with Gasteiger partial charge in [-0.05, 0) is 50.6 Å². The van der Waals surface area contributed by atoms with Crippen LogP contribution >= 0.6 is 39.1 Å². The summed E-state index contributed by atoms with van der Waals surface area (Å²) in [6.07, 6.45) is 0.0522. The van der Waals surface area contributed by atoms with Gasteiger partial charge in [-0.1, -0.05) is 39.1 Å². The van der Waals surface area contributed by atoms with E-state index in [0.717, 1.165) is 10.0 Å². The van der Waals surface area contributed by atoms with Crippen molar-refractivity contribution >= 4 is 44.8 Å². The molecule has 136 valence electrons. The first-order valence-corrected chi connectivity index (χ1v) is 9.40. The number of aromatic hydroxyl groups is 1. The second-order valence-corrected chi connectivity index (χ2v) is 7.30. The molecule has 25 heavy (non-hydrogen) atoms. The smallest absolute Gasteiger partial charge is 0.162 e. The maximum Gasteiger partial charge on any atom is 0.162 e. The minimum absolute atomic E-state index is 0.0522. The molecule has 2 N–H and O–H groups in total. The lowest BCUT2D eigenvalue weighted by atomic mass is 10.2. The van der Waals surface area contributed by atoms with E-state index in [0.29, 0.717) is 30.3 Å². The average Bonchev–Trinajstić information content (AvgIpc) is 2.53. The Labute approximate surface area is 166 Å². The van der Waals surface area contributed by atoms with E-state index >= 15 is 0 Å². The van der Waals surface area contributed by atoms with Gasteiger partial charge in [0.15, 0.2) is 17.2 Å². The Morgan fingerprint density at radius 1 is 1.12 bits per heavy atom. The first kappa shape index (κ1) is 20.0. The van der Waals surface area contributed by atoms with Crippen LogP contribution in [0.3, 0.4) is 0 Å². The van der Waals surface area contributed by atoms with Crippen LogP contribution in [0.4, 0.5) is 5.69 Å². The molecule has 0 spiro atoms. The molecule has 0 amide bonds. The molecule has 0 bridgehead atoms. The third-order valence-electron chi connectivity index (χ3n) is 3.28. The molecule has 0 unspecified atom stereocenters. The van der Waals surface area contributed by atoms with Gasteiger partial charge in [-0.25, -0.2) is 0 Å². The van der Waals surface area contributed by atoms with Crippen LogP contribution in [0.1, 0.15) is 26.3 Å². The Kier molecular flexibility index (Phi) is 7.11. The van der Waals surface area contributed by atoms with Crippen molar-refractivity contribution in [3.8, 4) is 17.2 Å². The normalized spacial score (nSPS) is 10.8. The third kappa shape index (κ3) is 5.33. The van der Waals surface area contributed by atoms with Gasteiger partial charge in [0, 0.05) is 16.7 Å². The molecule has 0 aromatic heterocycles. The summed E-state index contributed by atoms with van der Waals surface area (Å²) >= 11 is 15.5. The molecule has 0 atom stereocenters. The molecule has 2 rings (SSSR count). The highest BCUT2D eigenvalue weighted by molar-refractivity contribution is 9.10. The SMILES string of the molecule is CCOc1cc(CNc2cc(Cl)c(O)c(Cl)c2)c(Br)cc1OC(C)C. The fourth-order valence-corrected chi connectivity index (χ4v) is 3.14. The lowest BCUT2D eigenvalue weighted by Gasteiger charge is -2.17. The predicted molar refractivity (Wildman–Crippen MR) is 107 cm³/mol. The summed E-state index contributed by atoms with van der Waals surface area (Å²) in [4.78, 5) is 0. The van der Waals surface area contributed by atoms with Gasteiger partial charge in [0.1, 0.15) is 0 Å². The molecular weight excluding hydrogens is 429 g/mol. The molecule has 0 fully saturated rings. The lowest BCUT2D eigenvalue weighted by Crippen LogP contribution is -2.08. The third-order valence-corrected chi connectivity index (χ3v) is 4.59. The zero-order valence-electron chi connectivity index (χ0n) is 14.2. The Hall–Kier alpha value is -1.30. The Bertz CT molecular complexity index is 730. The van der Waals surface area contributed by atoms with Gasteiger partial charge < -0.3 is 19.9 Å². The van der Waals surface area contributed by atoms with E-state index in [1.807, 2.05) is 32.9 Å². The minimum Gasteiger partial charge on any atom is -0.505 e. The van der Waals surface area contributed by atoms with Crippen molar-refractivity contribution in [1.29, 1.82) is 0 Å².